The topological polar surface area (TPSA) is 118 Å². The number of ether oxygens (including phenoxy) is 1. The van der Waals surface area contributed by atoms with Crippen molar-refractivity contribution in [3.63, 3.8) is 0 Å². The van der Waals surface area contributed by atoms with Gasteiger partial charge in [0.15, 0.2) is 5.13 Å². The van der Waals surface area contributed by atoms with Crippen molar-refractivity contribution in [2.75, 3.05) is 22.1 Å². The molecule has 1 aliphatic heterocycles. The van der Waals surface area contributed by atoms with E-state index in [4.69, 9.17) is 16.3 Å². The highest BCUT2D eigenvalue weighted by Crippen LogP contribution is 2.31. The van der Waals surface area contributed by atoms with E-state index in [9.17, 15) is 19.2 Å². The smallest absolute Gasteiger partial charge is 0.338 e. The Hall–Kier alpha value is -4.80. The monoisotopic (exact) mass is 572 g/mol. The van der Waals surface area contributed by atoms with Crippen LogP contribution >= 0.6 is 22.9 Å². The summed E-state index contributed by atoms with van der Waals surface area (Å²) in [5, 5.41) is 7.68. The van der Waals surface area contributed by atoms with E-state index in [1.54, 1.807) is 37.3 Å². The molecule has 1 aliphatic rings. The molecule has 9 nitrogen and oxygen atoms in total. The van der Waals surface area contributed by atoms with E-state index >= 15 is 0 Å². The zero-order valence-corrected chi connectivity index (χ0v) is 22.6. The molecule has 5 rings (SSSR count). The summed E-state index contributed by atoms with van der Waals surface area (Å²) < 4.78 is 4.99. The average Bonchev–Trinajstić information content (AvgIpc) is 3.52. The quantitative estimate of drug-likeness (QED) is 0.206. The zero-order chi connectivity index (χ0) is 28.2. The molecule has 40 heavy (non-hydrogen) atoms. The number of benzene rings is 3. The van der Waals surface area contributed by atoms with Gasteiger partial charge in [0, 0.05) is 22.2 Å². The Morgan fingerprint density at radius 1 is 0.950 bits per heavy atom. The Morgan fingerprint density at radius 3 is 2.42 bits per heavy atom. The molecular weight excluding hydrogens is 552 g/mol. The van der Waals surface area contributed by atoms with Crippen LogP contribution < -0.4 is 15.5 Å². The molecule has 3 amide bonds. The first-order valence-corrected chi connectivity index (χ1v) is 13.4. The zero-order valence-electron chi connectivity index (χ0n) is 21.0. The van der Waals surface area contributed by atoms with Gasteiger partial charge in [-0.15, -0.1) is 11.3 Å². The van der Waals surface area contributed by atoms with Crippen LogP contribution in [0.2, 0.25) is 0 Å². The SMILES string of the molecule is CCOC(=O)c1cccc(N2C(=O)C(Cl)=C(Nc3ccc(C(=O)Nc4nc(-c5ccccc5)cs4)cc3)C2=O)c1. The van der Waals surface area contributed by atoms with Crippen LogP contribution in [0.3, 0.4) is 0 Å². The summed E-state index contributed by atoms with van der Waals surface area (Å²) in [6.45, 7) is 1.87. The summed E-state index contributed by atoms with van der Waals surface area (Å²) in [6, 6.07) is 21.9. The minimum Gasteiger partial charge on any atom is -0.462 e. The van der Waals surface area contributed by atoms with Gasteiger partial charge in [-0.25, -0.2) is 14.7 Å². The molecule has 0 atom stereocenters. The molecule has 2 N–H and O–H groups in total. The Bertz CT molecular complexity index is 1650. The number of rotatable bonds is 8. The van der Waals surface area contributed by atoms with E-state index < -0.39 is 17.8 Å². The lowest BCUT2D eigenvalue weighted by molar-refractivity contribution is -0.120. The number of carbonyl (C=O) groups excluding carboxylic acids is 4. The number of carbonyl (C=O) groups is 4. The van der Waals surface area contributed by atoms with Crippen molar-refractivity contribution in [1.82, 2.24) is 4.98 Å². The van der Waals surface area contributed by atoms with Crippen LogP contribution in [0.15, 0.2) is 95.0 Å². The molecular formula is C29H21ClN4O5S. The molecule has 200 valence electrons. The minimum absolute atomic E-state index is 0.123. The molecule has 0 spiro atoms. The van der Waals surface area contributed by atoms with Gasteiger partial charge >= 0.3 is 5.97 Å². The van der Waals surface area contributed by atoms with Crippen molar-refractivity contribution in [2.24, 2.45) is 0 Å². The van der Waals surface area contributed by atoms with Crippen molar-refractivity contribution >= 4 is 63.1 Å². The summed E-state index contributed by atoms with van der Waals surface area (Å²) in [7, 11) is 0. The number of anilines is 3. The maximum absolute atomic E-state index is 13.1. The number of nitrogens with zero attached hydrogens (tertiary/aromatic N) is 2. The van der Waals surface area contributed by atoms with Crippen LogP contribution in [0.5, 0.6) is 0 Å². The predicted molar refractivity (Wildman–Crippen MR) is 153 cm³/mol. The number of aromatic nitrogens is 1. The first kappa shape index (κ1) is 26.8. The molecule has 0 saturated heterocycles. The second kappa shape index (κ2) is 11.5. The van der Waals surface area contributed by atoms with Gasteiger partial charge in [-0.05, 0) is 49.4 Å². The van der Waals surface area contributed by atoms with Crippen molar-refractivity contribution in [3.8, 4) is 11.3 Å². The van der Waals surface area contributed by atoms with Gasteiger partial charge in [0.2, 0.25) is 0 Å². The fraction of sp³-hybridized carbons (Fsp3) is 0.0690. The fourth-order valence-electron chi connectivity index (χ4n) is 3.92. The Balaban J connectivity index is 1.26. The molecule has 0 saturated carbocycles. The molecule has 0 bridgehead atoms. The molecule has 0 unspecified atom stereocenters. The van der Waals surface area contributed by atoms with Gasteiger partial charge in [0.1, 0.15) is 10.7 Å². The molecule has 2 heterocycles. The number of nitrogens with one attached hydrogen (secondary N) is 2. The summed E-state index contributed by atoms with van der Waals surface area (Å²) >= 11 is 7.55. The van der Waals surface area contributed by atoms with Gasteiger partial charge in [-0.3, -0.25) is 19.7 Å². The first-order valence-electron chi connectivity index (χ1n) is 12.1. The second-order valence-electron chi connectivity index (χ2n) is 8.47. The van der Waals surface area contributed by atoms with Crippen molar-refractivity contribution in [3.05, 3.63) is 106 Å². The van der Waals surface area contributed by atoms with Crippen LogP contribution in [-0.4, -0.2) is 35.3 Å². The van der Waals surface area contributed by atoms with E-state index in [0.717, 1.165) is 16.2 Å². The summed E-state index contributed by atoms with van der Waals surface area (Å²) in [5.74, 6) is -2.34. The summed E-state index contributed by atoms with van der Waals surface area (Å²) in [6.07, 6.45) is 0. The van der Waals surface area contributed by atoms with E-state index in [1.165, 1.54) is 29.5 Å². The molecule has 1 aromatic heterocycles. The lowest BCUT2D eigenvalue weighted by Gasteiger charge is -2.16. The summed E-state index contributed by atoms with van der Waals surface area (Å²) in [5.41, 5.74) is 2.78. The van der Waals surface area contributed by atoms with Gasteiger partial charge in [-0.1, -0.05) is 48.0 Å². The third-order valence-corrected chi connectivity index (χ3v) is 6.96. The molecule has 4 aromatic rings. The highest BCUT2D eigenvalue weighted by atomic mass is 35.5. The van der Waals surface area contributed by atoms with Crippen LogP contribution in [0, 0.1) is 0 Å². The van der Waals surface area contributed by atoms with Crippen LogP contribution in [0.1, 0.15) is 27.6 Å². The van der Waals surface area contributed by atoms with Gasteiger partial charge in [-0.2, -0.15) is 0 Å². The van der Waals surface area contributed by atoms with Gasteiger partial charge in [0.25, 0.3) is 17.7 Å². The third-order valence-electron chi connectivity index (χ3n) is 5.85. The number of hydrogen-bond donors (Lipinski definition) is 2. The molecule has 3 aromatic carbocycles. The van der Waals surface area contributed by atoms with Gasteiger partial charge in [0.05, 0.1) is 23.6 Å². The maximum Gasteiger partial charge on any atom is 0.338 e. The normalized spacial score (nSPS) is 13.0. The number of hydrogen-bond acceptors (Lipinski definition) is 8. The van der Waals surface area contributed by atoms with Crippen LogP contribution in [0.25, 0.3) is 11.3 Å². The first-order chi connectivity index (χ1) is 19.4. The number of thiazole rings is 1. The van der Waals surface area contributed by atoms with Crippen LogP contribution in [0.4, 0.5) is 16.5 Å². The lowest BCUT2D eigenvalue weighted by Crippen LogP contribution is -2.32. The van der Waals surface area contributed by atoms with E-state index in [-0.39, 0.29) is 34.5 Å². The Labute approximate surface area is 238 Å². The van der Waals surface area contributed by atoms with Crippen molar-refractivity contribution < 1.29 is 23.9 Å². The average molecular weight is 573 g/mol. The Kier molecular flexibility index (Phi) is 7.72. The molecule has 11 heteroatoms. The number of amides is 3. The maximum atomic E-state index is 13.1. The fourth-order valence-corrected chi connectivity index (χ4v) is 4.85. The van der Waals surface area contributed by atoms with E-state index in [2.05, 4.69) is 15.6 Å². The highest BCUT2D eigenvalue weighted by molar-refractivity contribution is 7.14. The van der Waals surface area contributed by atoms with Crippen LogP contribution in [-0.2, 0) is 14.3 Å². The molecule has 0 radical (unpaired) electrons. The number of esters is 1. The second-order valence-corrected chi connectivity index (χ2v) is 9.70. The van der Waals surface area contributed by atoms with E-state index in [1.807, 2.05) is 35.7 Å². The number of imide groups is 1. The van der Waals surface area contributed by atoms with E-state index in [0.29, 0.717) is 16.4 Å². The van der Waals surface area contributed by atoms with Gasteiger partial charge < -0.3 is 10.1 Å². The lowest BCUT2D eigenvalue weighted by atomic mass is 10.2. The number of halogens is 1. The largest absolute Gasteiger partial charge is 0.462 e. The highest BCUT2D eigenvalue weighted by Gasteiger charge is 2.39. The van der Waals surface area contributed by atoms with Crippen molar-refractivity contribution in [1.29, 1.82) is 0 Å². The standard InChI is InChI=1S/C29H21ClN4O5S/c1-2-39-28(38)19-9-6-10-21(15-19)34-26(36)23(30)24(27(34)37)31-20-13-11-18(12-14-20)25(35)33-29-32-22(16-40-29)17-7-4-3-5-8-17/h3-16,31H,2H2,1H3,(H,32,33,35). The predicted octanol–water partition coefficient (Wildman–Crippen LogP) is 5.67. The molecule has 0 aliphatic carbocycles. The molecule has 0 fully saturated rings. The third kappa shape index (κ3) is 5.49. The minimum atomic E-state index is -0.732. The van der Waals surface area contributed by atoms with Crippen molar-refractivity contribution in [2.45, 2.75) is 6.92 Å². The summed E-state index contributed by atoms with van der Waals surface area (Å²) in [4.78, 5) is 56.2. The Morgan fingerprint density at radius 2 is 1.70 bits per heavy atom.